The minimum atomic E-state index is -1.45. The number of benzene rings is 2. The molecule has 4 rings (SSSR count). The SMILES string of the molecule is N#Cc1cc(-c2cccc(NC(=O)C3(C#N)CC3)c2)ccc1O[C@H]1CCN(C(=O)CO)C[C@H]1F. The lowest BCUT2D eigenvalue weighted by molar-refractivity contribution is -0.138. The zero-order chi connectivity index (χ0) is 24.3. The fraction of sp³-hybridized carbons (Fsp3) is 0.360. The number of rotatable bonds is 6. The Morgan fingerprint density at radius 1 is 1.21 bits per heavy atom. The summed E-state index contributed by atoms with van der Waals surface area (Å²) in [5.41, 5.74) is 1.31. The summed E-state index contributed by atoms with van der Waals surface area (Å²) in [5.74, 6) is -0.599. The Bertz CT molecular complexity index is 1200. The number of nitriles is 2. The maximum absolute atomic E-state index is 14.6. The smallest absolute Gasteiger partial charge is 0.248 e. The summed E-state index contributed by atoms with van der Waals surface area (Å²) < 4.78 is 20.4. The summed E-state index contributed by atoms with van der Waals surface area (Å²) in [5, 5.41) is 30.6. The summed E-state index contributed by atoms with van der Waals surface area (Å²) in [7, 11) is 0. The highest BCUT2D eigenvalue weighted by atomic mass is 19.1. The molecule has 2 atom stereocenters. The van der Waals surface area contributed by atoms with Gasteiger partial charge in [0, 0.05) is 18.7 Å². The molecule has 8 nitrogen and oxygen atoms in total. The van der Waals surface area contributed by atoms with Crippen LogP contribution in [0.25, 0.3) is 11.1 Å². The minimum absolute atomic E-state index is 0.171. The quantitative estimate of drug-likeness (QED) is 0.680. The molecule has 1 aliphatic heterocycles. The van der Waals surface area contributed by atoms with E-state index in [2.05, 4.69) is 17.5 Å². The van der Waals surface area contributed by atoms with Gasteiger partial charge in [-0.25, -0.2) is 4.39 Å². The summed E-state index contributed by atoms with van der Waals surface area (Å²) in [6, 6.07) is 16.2. The van der Waals surface area contributed by atoms with Crippen LogP contribution in [0.5, 0.6) is 5.75 Å². The van der Waals surface area contributed by atoms with E-state index >= 15 is 0 Å². The maximum atomic E-state index is 14.6. The predicted octanol–water partition coefficient (Wildman–Crippen LogP) is 2.78. The average molecular weight is 462 g/mol. The van der Waals surface area contributed by atoms with E-state index < -0.39 is 30.2 Å². The van der Waals surface area contributed by atoms with Crippen molar-refractivity contribution >= 4 is 17.5 Å². The third-order valence-corrected chi connectivity index (χ3v) is 6.20. The highest BCUT2D eigenvalue weighted by molar-refractivity contribution is 5.99. The van der Waals surface area contributed by atoms with Gasteiger partial charge in [-0.15, -0.1) is 0 Å². The van der Waals surface area contributed by atoms with E-state index in [0.29, 0.717) is 24.1 Å². The van der Waals surface area contributed by atoms with E-state index in [1.807, 2.05) is 6.07 Å². The van der Waals surface area contributed by atoms with E-state index in [-0.39, 0.29) is 36.7 Å². The van der Waals surface area contributed by atoms with Gasteiger partial charge in [-0.05, 0) is 48.2 Å². The second-order valence-electron chi connectivity index (χ2n) is 8.51. The predicted molar refractivity (Wildman–Crippen MR) is 120 cm³/mol. The van der Waals surface area contributed by atoms with Crippen LogP contribution in [0, 0.1) is 28.1 Å². The number of halogens is 1. The van der Waals surface area contributed by atoms with Gasteiger partial charge in [-0.3, -0.25) is 9.59 Å². The van der Waals surface area contributed by atoms with Gasteiger partial charge in [0.2, 0.25) is 11.8 Å². The summed E-state index contributed by atoms with van der Waals surface area (Å²) >= 11 is 0. The molecule has 174 valence electrons. The first-order valence-electron chi connectivity index (χ1n) is 11.0. The van der Waals surface area contributed by atoms with E-state index in [1.165, 1.54) is 4.90 Å². The molecule has 1 saturated heterocycles. The van der Waals surface area contributed by atoms with Crippen molar-refractivity contribution in [3.05, 3.63) is 48.0 Å². The van der Waals surface area contributed by atoms with Crippen LogP contribution in [0.3, 0.4) is 0 Å². The van der Waals surface area contributed by atoms with Gasteiger partial charge in [-0.2, -0.15) is 10.5 Å². The lowest BCUT2D eigenvalue weighted by atomic mass is 10.0. The topological polar surface area (TPSA) is 126 Å². The Kier molecular flexibility index (Phi) is 6.49. The Balaban J connectivity index is 1.48. The molecule has 2 aliphatic rings. The van der Waals surface area contributed by atoms with Crippen molar-refractivity contribution in [1.82, 2.24) is 4.90 Å². The van der Waals surface area contributed by atoms with E-state index in [1.54, 1.807) is 36.4 Å². The Morgan fingerprint density at radius 2 is 1.97 bits per heavy atom. The number of hydrogen-bond donors (Lipinski definition) is 2. The van der Waals surface area contributed by atoms with Gasteiger partial charge < -0.3 is 20.1 Å². The standard InChI is InChI=1S/C25H23FN4O4/c26-20-13-30(23(32)14-31)9-6-22(20)34-21-5-4-17(10-18(21)12-27)16-2-1-3-19(11-16)29-24(33)25(15-28)7-8-25/h1-5,10-11,20,22,31H,6-9,13-14H2,(H,29,33)/t20-,22+/m1/s1. The van der Waals surface area contributed by atoms with Crippen LogP contribution in [0.4, 0.5) is 10.1 Å². The molecule has 1 saturated carbocycles. The fourth-order valence-electron chi connectivity index (χ4n) is 3.95. The van der Waals surface area contributed by atoms with Crippen LogP contribution < -0.4 is 10.1 Å². The van der Waals surface area contributed by atoms with Gasteiger partial charge in [0.15, 0.2) is 6.17 Å². The first-order chi connectivity index (χ1) is 16.4. The van der Waals surface area contributed by atoms with E-state index in [4.69, 9.17) is 9.84 Å². The zero-order valence-corrected chi connectivity index (χ0v) is 18.3. The normalized spacial score (nSPS) is 20.5. The van der Waals surface area contributed by atoms with Crippen LogP contribution in [-0.4, -0.2) is 53.8 Å². The highest BCUT2D eigenvalue weighted by Gasteiger charge is 2.50. The van der Waals surface area contributed by atoms with Gasteiger partial charge in [0.1, 0.15) is 29.9 Å². The number of amides is 2. The lowest BCUT2D eigenvalue weighted by Gasteiger charge is -2.34. The number of hydrogen-bond acceptors (Lipinski definition) is 6. The molecule has 1 aliphatic carbocycles. The van der Waals surface area contributed by atoms with Crippen LogP contribution in [0.15, 0.2) is 42.5 Å². The zero-order valence-electron chi connectivity index (χ0n) is 18.3. The second-order valence-corrected chi connectivity index (χ2v) is 8.51. The first-order valence-corrected chi connectivity index (χ1v) is 11.0. The molecular weight excluding hydrogens is 439 g/mol. The number of nitrogens with one attached hydrogen (secondary N) is 1. The van der Waals surface area contributed by atoms with Crippen molar-refractivity contribution in [2.45, 2.75) is 31.5 Å². The maximum Gasteiger partial charge on any atom is 0.248 e. The fourth-order valence-corrected chi connectivity index (χ4v) is 3.95. The molecule has 0 radical (unpaired) electrons. The molecule has 2 aromatic rings. The number of aliphatic hydroxyl groups is 1. The Morgan fingerprint density at radius 3 is 2.62 bits per heavy atom. The molecule has 2 fully saturated rings. The summed E-state index contributed by atoms with van der Waals surface area (Å²) in [4.78, 5) is 25.2. The number of piperidine rings is 1. The van der Waals surface area contributed by atoms with E-state index in [0.717, 1.165) is 5.56 Å². The van der Waals surface area contributed by atoms with Gasteiger partial charge in [0.05, 0.1) is 18.2 Å². The number of nitrogens with zero attached hydrogens (tertiary/aromatic N) is 3. The minimum Gasteiger partial charge on any atom is -0.486 e. The average Bonchev–Trinajstić information content (AvgIpc) is 3.66. The van der Waals surface area contributed by atoms with Crippen LogP contribution in [-0.2, 0) is 9.59 Å². The lowest BCUT2D eigenvalue weighted by Crippen LogP contribution is -2.50. The molecule has 0 bridgehead atoms. The summed E-state index contributed by atoms with van der Waals surface area (Å²) in [6.07, 6.45) is -0.907. The Labute approximate surface area is 196 Å². The van der Waals surface area contributed by atoms with Gasteiger partial charge >= 0.3 is 0 Å². The van der Waals surface area contributed by atoms with Crippen molar-refractivity contribution in [1.29, 1.82) is 10.5 Å². The van der Waals surface area contributed by atoms with Gasteiger partial charge in [0.25, 0.3) is 0 Å². The number of anilines is 1. The number of carbonyl (C=O) groups is 2. The molecule has 2 N–H and O–H groups in total. The van der Waals surface area contributed by atoms with Crippen molar-refractivity contribution in [2.75, 3.05) is 25.0 Å². The molecular formula is C25H23FN4O4. The number of ether oxygens (including phenoxy) is 1. The van der Waals surface area contributed by atoms with Crippen LogP contribution >= 0.6 is 0 Å². The molecule has 0 unspecified atom stereocenters. The van der Waals surface area contributed by atoms with Gasteiger partial charge in [-0.1, -0.05) is 18.2 Å². The Hall–Kier alpha value is -3.95. The molecule has 9 heteroatoms. The van der Waals surface area contributed by atoms with Crippen LogP contribution in [0.1, 0.15) is 24.8 Å². The number of carbonyl (C=O) groups excluding carboxylic acids is 2. The van der Waals surface area contributed by atoms with E-state index in [9.17, 15) is 24.5 Å². The van der Waals surface area contributed by atoms with Crippen molar-refractivity contribution in [2.24, 2.45) is 5.41 Å². The number of aliphatic hydroxyl groups excluding tert-OH is 1. The number of likely N-dealkylation sites (tertiary alicyclic amines) is 1. The molecule has 1 heterocycles. The second kappa shape index (κ2) is 9.50. The molecule has 2 amide bonds. The molecule has 0 spiro atoms. The third-order valence-electron chi connectivity index (χ3n) is 6.20. The monoisotopic (exact) mass is 462 g/mol. The molecule has 2 aromatic carbocycles. The van der Waals surface area contributed by atoms with Crippen molar-refractivity contribution in [3.8, 4) is 29.0 Å². The van der Waals surface area contributed by atoms with Crippen LogP contribution in [0.2, 0.25) is 0 Å². The largest absolute Gasteiger partial charge is 0.486 e. The van der Waals surface area contributed by atoms with Crippen molar-refractivity contribution in [3.63, 3.8) is 0 Å². The summed E-state index contributed by atoms with van der Waals surface area (Å²) in [6.45, 7) is -0.575. The first kappa shape index (κ1) is 23.2. The molecule has 0 aromatic heterocycles. The van der Waals surface area contributed by atoms with Crippen molar-refractivity contribution < 1.29 is 23.8 Å². The number of alkyl halides is 1. The molecule has 34 heavy (non-hydrogen) atoms. The third kappa shape index (κ3) is 4.70. The highest BCUT2D eigenvalue weighted by Crippen LogP contribution is 2.45.